The highest BCUT2D eigenvalue weighted by atomic mass is 16.3. The summed E-state index contributed by atoms with van der Waals surface area (Å²) in [4.78, 5) is 2.45. The molecule has 1 aromatic rings. The second-order valence-electron chi connectivity index (χ2n) is 5.64. The molecule has 2 aliphatic rings. The molecule has 0 spiro atoms. The van der Waals surface area contributed by atoms with E-state index in [4.69, 9.17) is 0 Å². The van der Waals surface area contributed by atoms with Crippen LogP contribution in [0.3, 0.4) is 0 Å². The van der Waals surface area contributed by atoms with E-state index in [1.807, 2.05) is 12.1 Å². The summed E-state index contributed by atoms with van der Waals surface area (Å²) in [5, 5.41) is 23.3. The summed E-state index contributed by atoms with van der Waals surface area (Å²) in [6, 6.07) is 5.59. The maximum absolute atomic E-state index is 10.2. The molecular weight excluding hydrogens is 240 g/mol. The first-order valence-electron chi connectivity index (χ1n) is 7.23. The molecule has 2 fully saturated rings. The molecule has 104 valence electrons. The number of benzene rings is 1. The fourth-order valence-electron chi connectivity index (χ4n) is 3.25. The van der Waals surface area contributed by atoms with Crippen LogP contribution in [-0.4, -0.2) is 41.3 Å². The van der Waals surface area contributed by atoms with Gasteiger partial charge in [-0.1, -0.05) is 18.6 Å². The highest BCUT2D eigenvalue weighted by Gasteiger charge is 2.35. The number of nitrogens with one attached hydrogen (secondary N) is 1. The number of piperazine rings is 1. The van der Waals surface area contributed by atoms with Crippen molar-refractivity contribution in [3.63, 3.8) is 0 Å². The summed E-state index contributed by atoms with van der Waals surface area (Å²) < 4.78 is 0. The van der Waals surface area contributed by atoms with Gasteiger partial charge in [-0.25, -0.2) is 0 Å². The summed E-state index contributed by atoms with van der Waals surface area (Å²) in [6.45, 7) is 4.03. The van der Waals surface area contributed by atoms with Crippen LogP contribution in [0.25, 0.3) is 0 Å². The Morgan fingerprint density at radius 3 is 2.53 bits per heavy atom. The SMILES string of the molecule is Oc1cccc([C@@H](C2CCC2)N2CCNCC2)c1O. The standard InChI is InChI=1S/C15H22N2O2/c18-13-6-2-5-12(15(13)19)14(11-3-1-4-11)17-9-7-16-8-10-17/h2,5-6,11,14,16,18-19H,1,3-4,7-10H2/t14-/m1/s1. The Bertz CT molecular complexity index is 440. The summed E-state index contributed by atoms with van der Waals surface area (Å²) >= 11 is 0. The summed E-state index contributed by atoms with van der Waals surface area (Å²) in [6.07, 6.45) is 3.74. The van der Waals surface area contributed by atoms with E-state index in [-0.39, 0.29) is 17.5 Å². The Hall–Kier alpha value is -1.26. The minimum Gasteiger partial charge on any atom is -0.504 e. The van der Waals surface area contributed by atoms with Gasteiger partial charge in [-0.05, 0) is 24.8 Å². The lowest BCUT2D eigenvalue weighted by Crippen LogP contribution is -2.47. The van der Waals surface area contributed by atoms with Crippen LogP contribution in [0.15, 0.2) is 18.2 Å². The van der Waals surface area contributed by atoms with Gasteiger partial charge in [0.2, 0.25) is 0 Å². The van der Waals surface area contributed by atoms with Crippen molar-refractivity contribution >= 4 is 0 Å². The van der Waals surface area contributed by atoms with E-state index < -0.39 is 0 Å². The van der Waals surface area contributed by atoms with Crippen LogP contribution in [0.2, 0.25) is 0 Å². The molecule has 1 aliphatic heterocycles. The van der Waals surface area contributed by atoms with Crippen molar-refractivity contribution in [2.24, 2.45) is 5.92 Å². The van der Waals surface area contributed by atoms with Gasteiger partial charge >= 0.3 is 0 Å². The van der Waals surface area contributed by atoms with Crippen molar-refractivity contribution < 1.29 is 10.2 Å². The Labute approximate surface area is 114 Å². The zero-order valence-electron chi connectivity index (χ0n) is 11.2. The Kier molecular flexibility index (Phi) is 3.62. The second kappa shape index (κ2) is 5.39. The Morgan fingerprint density at radius 2 is 1.89 bits per heavy atom. The van der Waals surface area contributed by atoms with Crippen molar-refractivity contribution in [2.45, 2.75) is 25.3 Å². The van der Waals surface area contributed by atoms with Gasteiger partial charge in [-0.15, -0.1) is 0 Å². The molecule has 0 amide bonds. The lowest BCUT2D eigenvalue weighted by Gasteiger charge is -2.43. The van der Waals surface area contributed by atoms with Crippen molar-refractivity contribution in [1.82, 2.24) is 10.2 Å². The molecule has 1 aliphatic carbocycles. The lowest BCUT2D eigenvalue weighted by molar-refractivity contribution is 0.0816. The van der Waals surface area contributed by atoms with Crippen LogP contribution in [0.4, 0.5) is 0 Å². The molecule has 0 unspecified atom stereocenters. The fraction of sp³-hybridized carbons (Fsp3) is 0.600. The highest BCUT2D eigenvalue weighted by molar-refractivity contribution is 5.46. The molecule has 0 aromatic heterocycles. The molecule has 1 saturated carbocycles. The first-order valence-corrected chi connectivity index (χ1v) is 7.23. The van der Waals surface area contributed by atoms with Gasteiger partial charge in [0.15, 0.2) is 11.5 Å². The van der Waals surface area contributed by atoms with E-state index in [0.29, 0.717) is 5.92 Å². The molecule has 1 saturated heterocycles. The molecular formula is C15H22N2O2. The predicted octanol–water partition coefficient (Wildman–Crippen LogP) is 1.84. The van der Waals surface area contributed by atoms with Gasteiger partial charge in [-0.2, -0.15) is 0 Å². The van der Waals surface area contributed by atoms with E-state index in [9.17, 15) is 10.2 Å². The van der Waals surface area contributed by atoms with Crippen LogP contribution >= 0.6 is 0 Å². The second-order valence-corrected chi connectivity index (χ2v) is 5.64. The number of phenols is 2. The zero-order chi connectivity index (χ0) is 13.2. The third kappa shape index (κ3) is 2.42. The molecule has 19 heavy (non-hydrogen) atoms. The molecule has 3 rings (SSSR count). The van der Waals surface area contributed by atoms with E-state index in [1.165, 1.54) is 19.3 Å². The Balaban J connectivity index is 1.91. The minimum absolute atomic E-state index is 0.00282. The average Bonchev–Trinajstić information content (AvgIpc) is 2.38. The molecule has 1 aromatic carbocycles. The lowest BCUT2D eigenvalue weighted by atomic mass is 9.76. The first kappa shape index (κ1) is 12.8. The summed E-state index contributed by atoms with van der Waals surface area (Å²) in [5.74, 6) is 0.681. The maximum atomic E-state index is 10.2. The van der Waals surface area contributed by atoms with Crippen LogP contribution in [0, 0.1) is 5.92 Å². The molecule has 4 heteroatoms. The number of aromatic hydroxyl groups is 2. The van der Waals surface area contributed by atoms with Gasteiger partial charge in [0.1, 0.15) is 0 Å². The predicted molar refractivity (Wildman–Crippen MR) is 74.3 cm³/mol. The van der Waals surface area contributed by atoms with Gasteiger partial charge in [0.25, 0.3) is 0 Å². The number of hydrogen-bond donors (Lipinski definition) is 3. The van der Waals surface area contributed by atoms with E-state index in [0.717, 1.165) is 31.7 Å². The zero-order valence-corrected chi connectivity index (χ0v) is 11.2. The topological polar surface area (TPSA) is 55.7 Å². The van der Waals surface area contributed by atoms with Crippen molar-refractivity contribution in [3.8, 4) is 11.5 Å². The van der Waals surface area contributed by atoms with Crippen molar-refractivity contribution in [2.75, 3.05) is 26.2 Å². The third-order valence-corrected chi connectivity index (χ3v) is 4.51. The van der Waals surface area contributed by atoms with E-state index in [1.54, 1.807) is 6.07 Å². The summed E-state index contributed by atoms with van der Waals surface area (Å²) in [5.41, 5.74) is 0.895. The van der Waals surface area contributed by atoms with Crippen LogP contribution < -0.4 is 5.32 Å². The smallest absolute Gasteiger partial charge is 0.162 e. The molecule has 3 N–H and O–H groups in total. The van der Waals surface area contributed by atoms with Crippen LogP contribution in [0.5, 0.6) is 11.5 Å². The van der Waals surface area contributed by atoms with E-state index in [2.05, 4.69) is 10.2 Å². The van der Waals surface area contributed by atoms with Gasteiger partial charge in [0.05, 0.1) is 0 Å². The normalized spacial score (nSPS) is 22.9. The van der Waals surface area contributed by atoms with Gasteiger partial charge < -0.3 is 15.5 Å². The minimum atomic E-state index is -0.00282. The molecule has 1 heterocycles. The summed E-state index contributed by atoms with van der Waals surface area (Å²) in [7, 11) is 0. The number of phenolic OH excluding ortho intramolecular Hbond substituents is 2. The quantitative estimate of drug-likeness (QED) is 0.728. The van der Waals surface area contributed by atoms with Crippen LogP contribution in [0.1, 0.15) is 30.9 Å². The van der Waals surface area contributed by atoms with Crippen LogP contribution in [-0.2, 0) is 0 Å². The van der Waals surface area contributed by atoms with Crippen molar-refractivity contribution in [1.29, 1.82) is 0 Å². The van der Waals surface area contributed by atoms with Crippen molar-refractivity contribution in [3.05, 3.63) is 23.8 Å². The molecule has 4 nitrogen and oxygen atoms in total. The number of nitrogens with zero attached hydrogens (tertiary/aromatic N) is 1. The van der Waals surface area contributed by atoms with Gasteiger partial charge in [0, 0.05) is 37.8 Å². The molecule has 0 radical (unpaired) electrons. The number of hydrogen-bond acceptors (Lipinski definition) is 4. The fourth-order valence-corrected chi connectivity index (χ4v) is 3.25. The number of para-hydroxylation sites is 1. The maximum Gasteiger partial charge on any atom is 0.162 e. The molecule has 0 bridgehead atoms. The number of rotatable bonds is 3. The average molecular weight is 262 g/mol. The highest BCUT2D eigenvalue weighted by Crippen LogP contribution is 2.45. The first-order chi connectivity index (χ1) is 9.27. The van der Waals surface area contributed by atoms with Gasteiger partial charge in [-0.3, -0.25) is 4.90 Å². The third-order valence-electron chi connectivity index (χ3n) is 4.51. The monoisotopic (exact) mass is 262 g/mol. The molecule has 1 atom stereocenters. The Morgan fingerprint density at radius 1 is 1.16 bits per heavy atom. The van der Waals surface area contributed by atoms with E-state index >= 15 is 0 Å². The largest absolute Gasteiger partial charge is 0.504 e.